The summed E-state index contributed by atoms with van der Waals surface area (Å²) in [6.07, 6.45) is 0.368. The Morgan fingerprint density at radius 1 is 1.07 bits per heavy atom. The van der Waals surface area contributed by atoms with Crippen LogP contribution in [0, 0.1) is 17.5 Å². The van der Waals surface area contributed by atoms with E-state index in [1.165, 1.54) is 18.0 Å². The normalized spacial score (nSPS) is 32.9. The highest BCUT2D eigenvalue weighted by Crippen LogP contribution is 2.36. The molecule has 5 rings (SSSR count). The molecule has 0 radical (unpaired) electrons. The molecule has 220 valence electrons. The highest BCUT2D eigenvalue weighted by molar-refractivity contribution is 5.70. The molecule has 0 spiro atoms. The van der Waals surface area contributed by atoms with Gasteiger partial charge >= 0.3 is 6.09 Å². The van der Waals surface area contributed by atoms with Gasteiger partial charge in [0.05, 0.1) is 31.6 Å². The Balaban J connectivity index is 1.33. The van der Waals surface area contributed by atoms with Crippen molar-refractivity contribution < 1.29 is 47.1 Å². The number of methoxy groups -OCH3 is 2. The van der Waals surface area contributed by atoms with Crippen LogP contribution in [0.25, 0.3) is 11.3 Å². The molecule has 3 aliphatic rings. The predicted octanol–water partition coefficient (Wildman–Crippen LogP) is 2.21. The summed E-state index contributed by atoms with van der Waals surface area (Å²) in [5, 5.41) is 28.9. The van der Waals surface area contributed by atoms with Gasteiger partial charge < -0.3 is 34.1 Å². The number of carbonyl (C=O) groups is 1. The molecule has 1 aliphatic carbocycles. The van der Waals surface area contributed by atoms with Crippen molar-refractivity contribution in [3.63, 3.8) is 0 Å². The zero-order chi connectivity index (χ0) is 28.6. The van der Waals surface area contributed by atoms with Crippen LogP contribution in [0.3, 0.4) is 0 Å². The van der Waals surface area contributed by atoms with Crippen LogP contribution in [0.5, 0.6) is 0 Å². The van der Waals surface area contributed by atoms with E-state index in [1.54, 1.807) is 12.0 Å². The molecule has 0 unspecified atom stereocenters. The summed E-state index contributed by atoms with van der Waals surface area (Å²) in [5.74, 6) is -4.35. The molecule has 2 saturated heterocycles. The zero-order valence-corrected chi connectivity index (χ0v) is 22.2. The maximum Gasteiger partial charge on any atom is 0.410 e. The zero-order valence-electron chi connectivity index (χ0n) is 22.2. The largest absolute Gasteiger partial charge is 0.444 e. The number of benzene rings is 1. The van der Waals surface area contributed by atoms with Crippen LogP contribution in [0.2, 0.25) is 0 Å². The molecule has 1 saturated carbocycles. The van der Waals surface area contributed by atoms with E-state index >= 15 is 0 Å². The van der Waals surface area contributed by atoms with E-state index in [0.717, 1.165) is 37.8 Å². The lowest BCUT2D eigenvalue weighted by Crippen LogP contribution is -2.57. The first kappa shape index (κ1) is 28.7. The van der Waals surface area contributed by atoms with Gasteiger partial charge in [-0.1, -0.05) is 5.21 Å². The lowest BCUT2D eigenvalue weighted by Gasteiger charge is -2.44. The quantitative estimate of drug-likeness (QED) is 0.459. The molecule has 1 amide bonds. The Morgan fingerprint density at radius 3 is 2.40 bits per heavy atom. The third-order valence-electron chi connectivity index (χ3n) is 8.15. The number of hydrogen-bond donors (Lipinski definition) is 2. The molecule has 1 aromatic heterocycles. The Morgan fingerprint density at radius 2 is 1.77 bits per heavy atom. The van der Waals surface area contributed by atoms with Crippen molar-refractivity contribution in [3.05, 3.63) is 35.8 Å². The lowest BCUT2D eigenvalue weighted by atomic mass is 9.89. The molecule has 6 atom stereocenters. The molecule has 3 fully saturated rings. The first-order chi connectivity index (χ1) is 19.2. The monoisotopic (exact) mass is 570 g/mol. The van der Waals surface area contributed by atoms with Gasteiger partial charge in [0.15, 0.2) is 17.5 Å². The topological polar surface area (TPSA) is 128 Å². The molecule has 2 aromatic rings. The SMILES string of the molecule is COC1CCC(N2C[C@H](C[C@H]3O[C@H](CO)[C@H](O)[C@H](n4cc(-c5cc(F)c(F)c(F)c5)nn4)[C@H]3OC)OC2=O)CC1. The molecule has 0 bridgehead atoms. The highest BCUT2D eigenvalue weighted by Gasteiger charge is 2.49. The van der Waals surface area contributed by atoms with E-state index in [2.05, 4.69) is 10.3 Å². The summed E-state index contributed by atoms with van der Waals surface area (Å²) in [5.41, 5.74) is -0.0158. The van der Waals surface area contributed by atoms with Gasteiger partial charge in [-0.05, 0) is 37.8 Å². The third-order valence-corrected chi connectivity index (χ3v) is 8.15. The van der Waals surface area contributed by atoms with Crippen molar-refractivity contribution >= 4 is 6.09 Å². The van der Waals surface area contributed by atoms with E-state index in [9.17, 15) is 28.2 Å². The molecular weight excluding hydrogens is 537 g/mol. The van der Waals surface area contributed by atoms with Crippen molar-refractivity contribution in [1.29, 1.82) is 0 Å². The maximum atomic E-state index is 13.8. The number of aromatic nitrogens is 3. The number of aliphatic hydroxyl groups excluding tert-OH is 2. The van der Waals surface area contributed by atoms with Gasteiger partial charge in [0.2, 0.25) is 0 Å². The molecule has 1 aromatic carbocycles. The smallest absolute Gasteiger partial charge is 0.410 e. The minimum Gasteiger partial charge on any atom is -0.444 e. The molecule has 2 N–H and O–H groups in total. The second kappa shape index (κ2) is 12.0. The average Bonchev–Trinajstić information content (AvgIpc) is 3.58. The summed E-state index contributed by atoms with van der Waals surface area (Å²) < 4.78 is 65.1. The van der Waals surface area contributed by atoms with Gasteiger partial charge in [-0.25, -0.2) is 22.6 Å². The number of ether oxygens (including phenoxy) is 4. The Hall–Kier alpha value is -2.78. The second-order valence-corrected chi connectivity index (χ2v) is 10.5. The van der Waals surface area contributed by atoms with E-state index in [-0.39, 0.29) is 29.8 Å². The number of cyclic esters (lactones) is 1. The molecular formula is C26H33F3N4O7. The third kappa shape index (κ3) is 5.55. The number of carbonyl (C=O) groups excluding carboxylic acids is 1. The highest BCUT2D eigenvalue weighted by atomic mass is 19.2. The minimum atomic E-state index is -1.60. The molecule has 2 aliphatic heterocycles. The summed E-state index contributed by atoms with van der Waals surface area (Å²) in [7, 11) is 3.11. The van der Waals surface area contributed by atoms with Crippen LogP contribution < -0.4 is 0 Å². The van der Waals surface area contributed by atoms with Gasteiger partial charge in [0, 0.05) is 32.2 Å². The van der Waals surface area contributed by atoms with Gasteiger partial charge in [-0.3, -0.25) is 0 Å². The summed E-state index contributed by atoms with van der Waals surface area (Å²) in [4.78, 5) is 14.5. The van der Waals surface area contributed by atoms with Crippen molar-refractivity contribution in [3.8, 4) is 11.3 Å². The van der Waals surface area contributed by atoms with E-state index < -0.39 is 66.7 Å². The molecule has 11 nitrogen and oxygen atoms in total. The number of aliphatic hydroxyl groups is 2. The van der Waals surface area contributed by atoms with Crippen molar-refractivity contribution in [2.75, 3.05) is 27.4 Å². The second-order valence-electron chi connectivity index (χ2n) is 10.5. The minimum absolute atomic E-state index is 0.0343. The molecule has 14 heteroatoms. The van der Waals surface area contributed by atoms with Crippen LogP contribution in [-0.2, 0) is 18.9 Å². The average molecular weight is 571 g/mol. The van der Waals surface area contributed by atoms with Gasteiger partial charge in [-0.15, -0.1) is 5.10 Å². The van der Waals surface area contributed by atoms with E-state index in [0.29, 0.717) is 6.54 Å². The standard InChI is InChI=1S/C26H33F3N4O7/c1-37-15-5-3-14(4-6-15)32-10-16(39-26(32)36)9-20-25(38-2)23(24(35)21(12-34)40-20)33-11-19(30-31-33)13-7-17(27)22(29)18(28)8-13/h7-8,11,14-16,20-21,23-25,34-35H,3-6,9-10,12H2,1-2H3/t14?,15?,16-,20+,21+,23-,24-,25-/m0/s1. The fourth-order valence-corrected chi connectivity index (χ4v) is 6.03. The molecule has 3 heterocycles. The number of hydrogen-bond acceptors (Lipinski definition) is 9. The van der Waals surface area contributed by atoms with Crippen molar-refractivity contribution in [2.45, 2.75) is 80.8 Å². The fraction of sp³-hybridized carbons (Fsp3) is 0.654. The van der Waals surface area contributed by atoms with Crippen LogP contribution in [-0.4, -0.2) is 106 Å². The Bertz CT molecular complexity index is 1170. The van der Waals surface area contributed by atoms with E-state index in [1.807, 2.05) is 0 Å². The van der Waals surface area contributed by atoms with Crippen LogP contribution in [0.4, 0.5) is 18.0 Å². The Kier molecular flexibility index (Phi) is 8.61. The lowest BCUT2D eigenvalue weighted by molar-refractivity contribution is -0.217. The molecule has 40 heavy (non-hydrogen) atoms. The van der Waals surface area contributed by atoms with Crippen molar-refractivity contribution in [1.82, 2.24) is 19.9 Å². The summed E-state index contributed by atoms with van der Waals surface area (Å²) in [6, 6.07) is 0.725. The van der Waals surface area contributed by atoms with Crippen LogP contribution in [0.15, 0.2) is 18.3 Å². The van der Waals surface area contributed by atoms with E-state index in [4.69, 9.17) is 18.9 Å². The first-order valence-corrected chi connectivity index (χ1v) is 13.3. The number of halogens is 3. The number of nitrogens with zero attached hydrogens (tertiary/aromatic N) is 4. The van der Waals surface area contributed by atoms with Gasteiger partial charge in [0.25, 0.3) is 0 Å². The fourth-order valence-electron chi connectivity index (χ4n) is 6.03. The summed E-state index contributed by atoms with van der Waals surface area (Å²) >= 11 is 0. The summed E-state index contributed by atoms with van der Waals surface area (Å²) in [6.45, 7) is -0.149. The first-order valence-electron chi connectivity index (χ1n) is 13.3. The maximum absolute atomic E-state index is 13.8. The van der Waals surface area contributed by atoms with Gasteiger partial charge in [-0.2, -0.15) is 0 Å². The van der Waals surface area contributed by atoms with Crippen LogP contribution >= 0.6 is 0 Å². The number of rotatable bonds is 8. The Labute approximate surface area is 228 Å². The predicted molar refractivity (Wildman–Crippen MR) is 132 cm³/mol. The van der Waals surface area contributed by atoms with Crippen molar-refractivity contribution in [2.24, 2.45) is 0 Å². The van der Waals surface area contributed by atoms with Crippen LogP contribution in [0.1, 0.15) is 38.1 Å². The number of amides is 1. The van der Waals surface area contributed by atoms with Gasteiger partial charge in [0.1, 0.15) is 36.2 Å².